The molecule has 0 aliphatic rings. The summed E-state index contributed by atoms with van der Waals surface area (Å²) in [6.45, 7) is 0. The Morgan fingerprint density at radius 1 is 1.29 bits per heavy atom. The standard InChI is InChI=1S/C9H5BrClFN2/c10-8-5-13-14(9(8)12)7-3-1-6(11)2-4-7/h1-5H. The van der Waals surface area contributed by atoms with E-state index in [1.165, 1.54) is 10.9 Å². The fourth-order valence-corrected chi connectivity index (χ4v) is 1.46. The lowest BCUT2D eigenvalue weighted by Crippen LogP contribution is -1.98. The molecule has 0 unspecified atom stereocenters. The molecule has 14 heavy (non-hydrogen) atoms. The summed E-state index contributed by atoms with van der Waals surface area (Å²) in [5, 5.41) is 4.48. The normalized spacial score (nSPS) is 10.5. The van der Waals surface area contributed by atoms with Crippen molar-refractivity contribution in [3.8, 4) is 5.69 Å². The minimum atomic E-state index is -0.424. The second-order valence-corrected chi connectivity index (χ2v) is 3.96. The Morgan fingerprint density at radius 3 is 2.43 bits per heavy atom. The van der Waals surface area contributed by atoms with Crippen molar-refractivity contribution in [3.63, 3.8) is 0 Å². The molecule has 0 aliphatic carbocycles. The minimum absolute atomic E-state index is 0.340. The van der Waals surface area contributed by atoms with Crippen molar-refractivity contribution in [3.05, 3.63) is 45.9 Å². The molecule has 0 saturated carbocycles. The Bertz CT molecular complexity index is 452. The Balaban J connectivity index is 2.49. The number of aromatic nitrogens is 2. The van der Waals surface area contributed by atoms with Crippen LogP contribution in [0.4, 0.5) is 4.39 Å². The third kappa shape index (κ3) is 1.67. The van der Waals surface area contributed by atoms with Crippen LogP contribution >= 0.6 is 27.5 Å². The first-order valence-corrected chi connectivity index (χ1v) is 5.00. The summed E-state index contributed by atoms with van der Waals surface area (Å²) in [5.41, 5.74) is 0.637. The fraction of sp³-hybridized carbons (Fsp3) is 0. The van der Waals surface area contributed by atoms with E-state index in [9.17, 15) is 4.39 Å². The zero-order valence-corrected chi connectivity index (χ0v) is 9.26. The molecular formula is C9H5BrClFN2. The average Bonchev–Trinajstić information content (AvgIpc) is 2.50. The van der Waals surface area contributed by atoms with Crippen molar-refractivity contribution < 1.29 is 4.39 Å². The van der Waals surface area contributed by atoms with E-state index in [0.717, 1.165) is 0 Å². The summed E-state index contributed by atoms with van der Waals surface area (Å²) >= 11 is 8.75. The molecule has 5 heteroatoms. The molecule has 2 rings (SSSR count). The molecular weight excluding hydrogens is 270 g/mol. The zero-order valence-electron chi connectivity index (χ0n) is 6.92. The number of hydrogen-bond acceptors (Lipinski definition) is 1. The molecule has 1 heterocycles. The van der Waals surface area contributed by atoms with Gasteiger partial charge in [-0.15, -0.1) is 0 Å². The van der Waals surface area contributed by atoms with Crippen LogP contribution in [0.1, 0.15) is 0 Å². The highest BCUT2D eigenvalue weighted by atomic mass is 79.9. The fourth-order valence-electron chi connectivity index (χ4n) is 1.08. The molecule has 0 aliphatic heterocycles. The highest BCUT2D eigenvalue weighted by Crippen LogP contribution is 2.19. The van der Waals surface area contributed by atoms with Crippen LogP contribution < -0.4 is 0 Å². The molecule has 0 atom stereocenters. The van der Waals surface area contributed by atoms with E-state index >= 15 is 0 Å². The highest BCUT2D eigenvalue weighted by molar-refractivity contribution is 9.10. The lowest BCUT2D eigenvalue weighted by atomic mass is 10.3. The second-order valence-electron chi connectivity index (χ2n) is 2.67. The molecule has 0 fully saturated rings. The van der Waals surface area contributed by atoms with Crippen LogP contribution in [0.2, 0.25) is 5.02 Å². The molecule has 1 aromatic carbocycles. The molecule has 0 saturated heterocycles. The van der Waals surface area contributed by atoms with E-state index in [2.05, 4.69) is 21.0 Å². The van der Waals surface area contributed by atoms with Crippen molar-refractivity contribution in [1.29, 1.82) is 0 Å². The van der Waals surface area contributed by atoms with Gasteiger partial charge in [-0.3, -0.25) is 0 Å². The van der Waals surface area contributed by atoms with Gasteiger partial charge in [-0.1, -0.05) is 11.6 Å². The maximum absolute atomic E-state index is 13.4. The van der Waals surface area contributed by atoms with Gasteiger partial charge in [0, 0.05) is 5.02 Å². The van der Waals surface area contributed by atoms with Gasteiger partial charge in [0.15, 0.2) is 0 Å². The highest BCUT2D eigenvalue weighted by Gasteiger charge is 2.08. The first kappa shape index (κ1) is 9.68. The molecule has 0 N–H and O–H groups in total. The molecule has 2 aromatic rings. The Morgan fingerprint density at radius 2 is 1.93 bits per heavy atom. The van der Waals surface area contributed by atoms with Gasteiger partial charge in [-0.25, -0.2) is 4.68 Å². The SMILES string of the molecule is Fc1c(Br)cnn1-c1ccc(Cl)cc1. The van der Waals surface area contributed by atoms with E-state index in [1.54, 1.807) is 24.3 Å². The third-order valence-electron chi connectivity index (χ3n) is 1.74. The average molecular weight is 276 g/mol. The van der Waals surface area contributed by atoms with E-state index in [4.69, 9.17) is 11.6 Å². The van der Waals surface area contributed by atoms with Crippen LogP contribution in [0, 0.1) is 5.95 Å². The van der Waals surface area contributed by atoms with Gasteiger partial charge < -0.3 is 0 Å². The molecule has 0 radical (unpaired) electrons. The van der Waals surface area contributed by atoms with Crippen LogP contribution in [-0.4, -0.2) is 9.78 Å². The van der Waals surface area contributed by atoms with Crippen LogP contribution in [0.5, 0.6) is 0 Å². The van der Waals surface area contributed by atoms with Crippen molar-refractivity contribution in [2.75, 3.05) is 0 Å². The van der Waals surface area contributed by atoms with E-state index in [-0.39, 0.29) is 0 Å². The van der Waals surface area contributed by atoms with Crippen molar-refractivity contribution >= 4 is 27.5 Å². The maximum Gasteiger partial charge on any atom is 0.230 e. The quantitative estimate of drug-likeness (QED) is 0.780. The third-order valence-corrected chi connectivity index (χ3v) is 2.52. The molecule has 0 spiro atoms. The molecule has 1 aromatic heterocycles. The largest absolute Gasteiger partial charge is 0.230 e. The van der Waals surface area contributed by atoms with Gasteiger partial charge >= 0.3 is 0 Å². The topological polar surface area (TPSA) is 17.8 Å². The molecule has 2 nitrogen and oxygen atoms in total. The van der Waals surface area contributed by atoms with Gasteiger partial charge in [-0.2, -0.15) is 9.49 Å². The maximum atomic E-state index is 13.4. The van der Waals surface area contributed by atoms with Crippen LogP contribution in [0.25, 0.3) is 5.69 Å². The van der Waals surface area contributed by atoms with Gasteiger partial charge in [0.2, 0.25) is 5.95 Å². The summed E-state index contributed by atoms with van der Waals surface area (Å²) in [5.74, 6) is -0.424. The van der Waals surface area contributed by atoms with Gasteiger partial charge in [-0.05, 0) is 40.2 Å². The second kappa shape index (κ2) is 3.71. The molecule has 72 valence electrons. The minimum Gasteiger partial charge on any atom is -0.206 e. The Labute approximate surface area is 93.4 Å². The monoisotopic (exact) mass is 274 g/mol. The van der Waals surface area contributed by atoms with Gasteiger partial charge in [0.1, 0.15) is 0 Å². The predicted octanol–water partition coefficient (Wildman–Crippen LogP) is 3.43. The van der Waals surface area contributed by atoms with Crippen LogP contribution in [-0.2, 0) is 0 Å². The number of hydrogen-bond donors (Lipinski definition) is 0. The zero-order chi connectivity index (χ0) is 10.1. The first-order valence-electron chi connectivity index (χ1n) is 3.83. The summed E-state index contributed by atoms with van der Waals surface area (Å²) in [6.07, 6.45) is 1.41. The van der Waals surface area contributed by atoms with E-state index < -0.39 is 5.95 Å². The number of halogens is 3. The predicted molar refractivity (Wildman–Crippen MR) is 56.2 cm³/mol. The lowest BCUT2D eigenvalue weighted by Gasteiger charge is -2.01. The lowest BCUT2D eigenvalue weighted by molar-refractivity contribution is 0.532. The number of benzene rings is 1. The van der Waals surface area contributed by atoms with E-state index in [0.29, 0.717) is 15.2 Å². The van der Waals surface area contributed by atoms with Crippen LogP contribution in [0.15, 0.2) is 34.9 Å². The van der Waals surface area contributed by atoms with E-state index in [1.807, 2.05) is 0 Å². The first-order chi connectivity index (χ1) is 6.68. The van der Waals surface area contributed by atoms with Crippen molar-refractivity contribution in [2.24, 2.45) is 0 Å². The molecule has 0 bridgehead atoms. The summed E-state index contributed by atoms with van der Waals surface area (Å²) < 4.78 is 14.9. The van der Waals surface area contributed by atoms with Crippen LogP contribution in [0.3, 0.4) is 0 Å². The number of rotatable bonds is 1. The Hall–Kier alpha value is -0.870. The van der Waals surface area contributed by atoms with Gasteiger partial charge in [0.05, 0.1) is 16.4 Å². The van der Waals surface area contributed by atoms with Crippen molar-refractivity contribution in [2.45, 2.75) is 0 Å². The van der Waals surface area contributed by atoms with Gasteiger partial charge in [0.25, 0.3) is 0 Å². The summed E-state index contributed by atoms with van der Waals surface area (Å²) in [7, 11) is 0. The summed E-state index contributed by atoms with van der Waals surface area (Å²) in [4.78, 5) is 0. The number of nitrogens with zero attached hydrogens (tertiary/aromatic N) is 2. The smallest absolute Gasteiger partial charge is 0.206 e. The Kier molecular flexibility index (Phi) is 2.56. The van der Waals surface area contributed by atoms with Crippen molar-refractivity contribution in [1.82, 2.24) is 9.78 Å². The summed E-state index contributed by atoms with van der Waals surface area (Å²) in [6, 6.07) is 6.77. The molecule has 0 amide bonds.